The van der Waals surface area contributed by atoms with E-state index in [0.717, 1.165) is 41.6 Å². The number of guanidine groups is 1. The monoisotopic (exact) mass is 515 g/mol. The van der Waals surface area contributed by atoms with Gasteiger partial charge in [-0.05, 0) is 52.4 Å². The minimum atomic E-state index is 0. The van der Waals surface area contributed by atoms with Gasteiger partial charge in [0.05, 0.1) is 14.2 Å². The number of methoxy groups -OCH3 is 2. The number of aliphatic imine (C=N–C) groups is 1. The standard InChI is InChI=1S/C21H29N3O2S.HI/c1-6-7-17-10-16(11-19(25-4)20(17)26-5)13-24-21(22-3)23-12-15(2)18-8-9-27-14-18;/h6,8-11,14-15H,1,7,12-13H2,2-5H3,(H2,22,23,24);1H. The highest BCUT2D eigenvalue weighted by molar-refractivity contribution is 14.0. The molecule has 0 fully saturated rings. The molecular weight excluding hydrogens is 485 g/mol. The van der Waals surface area contributed by atoms with E-state index in [1.807, 2.05) is 12.1 Å². The molecule has 0 aliphatic carbocycles. The summed E-state index contributed by atoms with van der Waals surface area (Å²) in [7, 11) is 5.09. The quantitative estimate of drug-likeness (QED) is 0.222. The summed E-state index contributed by atoms with van der Waals surface area (Å²) in [6.07, 6.45) is 2.58. The Bertz CT molecular complexity index is 763. The van der Waals surface area contributed by atoms with Crippen molar-refractivity contribution in [3.8, 4) is 11.5 Å². The average Bonchev–Trinajstić information content (AvgIpc) is 3.22. The Kier molecular flexibility index (Phi) is 11.0. The Morgan fingerprint density at radius 3 is 2.64 bits per heavy atom. The summed E-state index contributed by atoms with van der Waals surface area (Å²) in [5, 5.41) is 11.0. The first-order valence-corrected chi connectivity index (χ1v) is 9.88. The fraction of sp³-hybridized carbons (Fsp3) is 0.381. The molecule has 1 aromatic heterocycles. The molecule has 28 heavy (non-hydrogen) atoms. The van der Waals surface area contributed by atoms with Gasteiger partial charge in [0, 0.05) is 25.7 Å². The molecule has 0 saturated carbocycles. The summed E-state index contributed by atoms with van der Waals surface area (Å²) in [5.74, 6) is 2.68. The van der Waals surface area contributed by atoms with Crippen LogP contribution in [0.4, 0.5) is 0 Å². The summed E-state index contributed by atoms with van der Waals surface area (Å²) >= 11 is 1.72. The molecule has 2 rings (SSSR count). The third-order valence-electron chi connectivity index (χ3n) is 4.35. The number of thiophene rings is 1. The van der Waals surface area contributed by atoms with Crippen molar-refractivity contribution in [3.63, 3.8) is 0 Å². The number of benzene rings is 1. The van der Waals surface area contributed by atoms with Gasteiger partial charge in [0.25, 0.3) is 0 Å². The van der Waals surface area contributed by atoms with Crippen molar-refractivity contribution in [1.82, 2.24) is 10.6 Å². The first kappa shape index (κ1) is 24.3. The van der Waals surface area contributed by atoms with E-state index in [4.69, 9.17) is 9.47 Å². The van der Waals surface area contributed by atoms with Gasteiger partial charge >= 0.3 is 0 Å². The van der Waals surface area contributed by atoms with Crippen molar-refractivity contribution < 1.29 is 9.47 Å². The first-order valence-electron chi connectivity index (χ1n) is 8.94. The summed E-state index contributed by atoms with van der Waals surface area (Å²) < 4.78 is 11.0. The lowest BCUT2D eigenvalue weighted by atomic mass is 10.1. The van der Waals surface area contributed by atoms with Crippen LogP contribution in [-0.4, -0.2) is 33.8 Å². The summed E-state index contributed by atoms with van der Waals surface area (Å²) in [5.41, 5.74) is 3.49. The molecule has 154 valence electrons. The van der Waals surface area contributed by atoms with Crippen molar-refractivity contribution >= 4 is 41.3 Å². The minimum absolute atomic E-state index is 0. The molecule has 1 unspecified atom stereocenters. The number of rotatable bonds is 9. The fourth-order valence-electron chi connectivity index (χ4n) is 2.85. The van der Waals surface area contributed by atoms with Gasteiger partial charge in [0.2, 0.25) is 0 Å². The zero-order chi connectivity index (χ0) is 19.6. The number of hydrogen-bond donors (Lipinski definition) is 2. The topological polar surface area (TPSA) is 54.9 Å². The van der Waals surface area contributed by atoms with Crippen LogP contribution in [0.1, 0.15) is 29.5 Å². The van der Waals surface area contributed by atoms with E-state index in [1.165, 1.54) is 5.56 Å². The molecule has 0 aliphatic heterocycles. The average molecular weight is 515 g/mol. The molecule has 0 aliphatic rings. The zero-order valence-electron chi connectivity index (χ0n) is 17.0. The molecule has 0 spiro atoms. The summed E-state index contributed by atoms with van der Waals surface area (Å²) in [6, 6.07) is 6.26. The predicted octanol–water partition coefficient (Wildman–Crippen LogP) is 4.58. The van der Waals surface area contributed by atoms with Crippen LogP contribution < -0.4 is 20.1 Å². The largest absolute Gasteiger partial charge is 0.493 e. The second-order valence-corrected chi connectivity index (χ2v) is 7.03. The van der Waals surface area contributed by atoms with E-state index in [0.29, 0.717) is 12.5 Å². The van der Waals surface area contributed by atoms with Crippen LogP contribution in [0.2, 0.25) is 0 Å². The van der Waals surface area contributed by atoms with Gasteiger partial charge in [-0.25, -0.2) is 0 Å². The van der Waals surface area contributed by atoms with Crippen molar-refractivity contribution in [3.05, 3.63) is 58.3 Å². The van der Waals surface area contributed by atoms with Crippen LogP contribution in [0.25, 0.3) is 0 Å². The fourth-order valence-corrected chi connectivity index (χ4v) is 3.63. The van der Waals surface area contributed by atoms with Crippen LogP contribution in [0.5, 0.6) is 11.5 Å². The van der Waals surface area contributed by atoms with Crippen molar-refractivity contribution in [2.24, 2.45) is 4.99 Å². The van der Waals surface area contributed by atoms with E-state index in [-0.39, 0.29) is 24.0 Å². The molecule has 0 amide bonds. The Hall–Kier alpha value is -1.74. The number of nitrogens with one attached hydrogen (secondary N) is 2. The molecule has 0 bridgehead atoms. The second-order valence-electron chi connectivity index (χ2n) is 6.25. The highest BCUT2D eigenvalue weighted by atomic mass is 127. The van der Waals surface area contributed by atoms with Crippen molar-refractivity contribution in [2.45, 2.75) is 25.8 Å². The van der Waals surface area contributed by atoms with Gasteiger partial charge in [-0.15, -0.1) is 30.6 Å². The normalized spacial score (nSPS) is 11.9. The maximum absolute atomic E-state index is 5.49. The van der Waals surface area contributed by atoms with Gasteiger partial charge in [0.15, 0.2) is 17.5 Å². The van der Waals surface area contributed by atoms with Gasteiger partial charge < -0.3 is 20.1 Å². The molecule has 1 atom stereocenters. The molecule has 5 nitrogen and oxygen atoms in total. The first-order chi connectivity index (χ1) is 13.1. The van der Waals surface area contributed by atoms with Gasteiger partial charge in [-0.2, -0.15) is 11.3 Å². The minimum Gasteiger partial charge on any atom is -0.493 e. The lowest BCUT2D eigenvalue weighted by Crippen LogP contribution is -2.38. The van der Waals surface area contributed by atoms with Crippen molar-refractivity contribution in [2.75, 3.05) is 27.8 Å². The maximum Gasteiger partial charge on any atom is 0.191 e. The number of halogens is 1. The smallest absolute Gasteiger partial charge is 0.191 e. The second kappa shape index (κ2) is 12.7. The van der Waals surface area contributed by atoms with E-state index >= 15 is 0 Å². The Morgan fingerprint density at radius 2 is 2.07 bits per heavy atom. The molecule has 0 saturated heterocycles. The Morgan fingerprint density at radius 1 is 1.29 bits per heavy atom. The summed E-state index contributed by atoms with van der Waals surface area (Å²) in [4.78, 5) is 4.32. The van der Waals surface area contributed by atoms with Crippen LogP contribution in [-0.2, 0) is 13.0 Å². The maximum atomic E-state index is 5.49. The van der Waals surface area contributed by atoms with Crippen LogP contribution in [0.15, 0.2) is 46.6 Å². The Labute approximate surface area is 189 Å². The lowest BCUT2D eigenvalue weighted by Gasteiger charge is -2.17. The highest BCUT2D eigenvalue weighted by Gasteiger charge is 2.12. The third kappa shape index (κ3) is 6.70. The van der Waals surface area contributed by atoms with Crippen LogP contribution in [0.3, 0.4) is 0 Å². The molecule has 7 heteroatoms. The van der Waals surface area contributed by atoms with E-state index < -0.39 is 0 Å². The highest BCUT2D eigenvalue weighted by Crippen LogP contribution is 2.33. The SMILES string of the molecule is C=CCc1cc(CNC(=NC)NCC(C)c2ccsc2)cc(OC)c1OC.I. The molecule has 2 aromatic rings. The number of nitrogens with zero attached hydrogens (tertiary/aromatic N) is 1. The van der Waals surface area contributed by atoms with E-state index in [9.17, 15) is 0 Å². The molecular formula is C21H30IN3O2S. The summed E-state index contributed by atoms with van der Waals surface area (Å²) in [6.45, 7) is 7.49. The van der Waals surface area contributed by atoms with Crippen LogP contribution in [0, 0.1) is 0 Å². The van der Waals surface area contributed by atoms with E-state index in [1.54, 1.807) is 32.6 Å². The van der Waals surface area contributed by atoms with Gasteiger partial charge in [0.1, 0.15) is 0 Å². The molecule has 1 aromatic carbocycles. The molecule has 0 radical (unpaired) electrons. The number of allylic oxidation sites excluding steroid dienone is 1. The molecule has 1 heterocycles. The number of ether oxygens (including phenoxy) is 2. The third-order valence-corrected chi connectivity index (χ3v) is 5.05. The van der Waals surface area contributed by atoms with Crippen molar-refractivity contribution in [1.29, 1.82) is 0 Å². The molecule has 2 N–H and O–H groups in total. The zero-order valence-corrected chi connectivity index (χ0v) is 20.1. The van der Waals surface area contributed by atoms with E-state index in [2.05, 4.69) is 52.0 Å². The predicted molar refractivity (Wildman–Crippen MR) is 130 cm³/mol. The van der Waals surface area contributed by atoms with Crippen LogP contribution >= 0.6 is 35.3 Å². The lowest BCUT2D eigenvalue weighted by molar-refractivity contribution is 0.352. The Balaban J connectivity index is 0.00000392. The van der Waals surface area contributed by atoms with Gasteiger partial charge in [-0.1, -0.05) is 13.0 Å². The number of hydrogen-bond acceptors (Lipinski definition) is 4. The van der Waals surface area contributed by atoms with Gasteiger partial charge in [-0.3, -0.25) is 4.99 Å².